The number of hydrogen-bond donors (Lipinski definition) is 0. The number of ether oxygens (including phenoxy) is 2. The third-order valence-electron chi connectivity index (χ3n) is 3.32. The van der Waals surface area contributed by atoms with E-state index in [-0.39, 0.29) is 24.5 Å². The summed E-state index contributed by atoms with van der Waals surface area (Å²) >= 11 is 0. The summed E-state index contributed by atoms with van der Waals surface area (Å²) in [6, 6.07) is 8.06. The third kappa shape index (κ3) is 6.29. The van der Waals surface area contributed by atoms with Gasteiger partial charge in [-0.15, -0.1) is 0 Å². The summed E-state index contributed by atoms with van der Waals surface area (Å²) in [5.74, 6) is -0.420. The van der Waals surface area contributed by atoms with Gasteiger partial charge in [0, 0.05) is 6.92 Å². The van der Waals surface area contributed by atoms with Crippen molar-refractivity contribution in [2.45, 2.75) is 53.1 Å². The number of carbonyl (C=O) groups is 2. The average Bonchev–Trinajstić information content (AvgIpc) is 2.44. The molecule has 1 aromatic carbocycles. The Balaban J connectivity index is 2.57. The van der Waals surface area contributed by atoms with Crippen LogP contribution in [0.2, 0.25) is 0 Å². The maximum atomic E-state index is 12.1. The van der Waals surface area contributed by atoms with E-state index < -0.39 is 6.10 Å². The monoisotopic (exact) mass is 306 g/mol. The van der Waals surface area contributed by atoms with Gasteiger partial charge in [-0.1, -0.05) is 38.1 Å². The highest BCUT2D eigenvalue weighted by atomic mass is 16.6. The molecule has 4 heteroatoms. The van der Waals surface area contributed by atoms with Crippen LogP contribution in [0.15, 0.2) is 24.3 Å². The van der Waals surface area contributed by atoms with Crippen LogP contribution < -0.4 is 0 Å². The molecule has 0 aliphatic heterocycles. The van der Waals surface area contributed by atoms with Crippen molar-refractivity contribution in [3.05, 3.63) is 35.4 Å². The lowest BCUT2D eigenvalue weighted by atomic mass is 9.97. The van der Waals surface area contributed by atoms with E-state index in [1.54, 1.807) is 6.92 Å². The topological polar surface area (TPSA) is 52.6 Å². The van der Waals surface area contributed by atoms with E-state index in [0.29, 0.717) is 5.92 Å². The van der Waals surface area contributed by atoms with Crippen molar-refractivity contribution in [3.63, 3.8) is 0 Å². The molecule has 0 spiro atoms. The minimum atomic E-state index is -0.445. The summed E-state index contributed by atoms with van der Waals surface area (Å²) in [5.41, 5.74) is 2.19. The molecule has 2 unspecified atom stereocenters. The molecular formula is C18H26O4. The van der Waals surface area contributed by atoms with Crippen molar-refractivity contribution >= 4 is 11.9 Å². The molecule has 4 nitrogen and oxygen atoms in total. The standard InChI is InChI=1S/C18H26O4/c1-12(2)10-16-6-8-17(9-7-16)14(4)18(20)22-13(3)11-21-15(5)19/h6-9,12-14H,10-11H2,1-5H3. The van der Waals surface area contributed by atoms with Crippen LogP contribution in [0.25, 0.3) is 0 Å². The summed E-state index contributed by atoms with van der Waals surface area (Å²) in [6.45, 7) is 9.30. The van der Waals surface area contributed by atoms with Gasteiger partial charge >= 0.3 is 11.9 Å². The fourth-order valence-corrected chi connectivity index (χ4v) is 2.12. The molecule has 122 valence electrons. The van der Waals surface area contributed by atoms with Crippen LogP contribution in [0.5, 0.6) is 0 Å². The molecular weight excluding hydrogens is 280 g/mol. The van der Waals surface area contributed by atoms with E-state index in [1.807, 2.05) is 19.1 Å². The second-order valence-corrected chi connectivity index (χ2v) is 6.11. The van der Waals surface area contributed by atoms with Gasteiger partial charge in [0.15, 0.2) is 0 Å². The van der Waals surface area contributed by atoms with Gasteiger partial charge in [-0.25, -0.2) is 0 Å². The van der Waals surface area contributed by atoms with E-state index in [2.05, 4.69) is 26.0 Å². The zero-order valence-corrected chi connectivity index (χ0v) is 14.1. The molecule has 0 aliphatic rings. The predicted octanol–water partition coefficient (Wildman–Crippen LogP) is 3.48. The number of rotatable bonds is 7. The highest BCUT2D eigenvalue weighted by Gasteiger charge is 2.19. The summed E-state index contributed by atoms with van der Waals surface area (Å²) < 4.78 is 10.1. The van der Waals surface area contributed by atoms with Crippen molar-refractivity contribution in [1.29, 1.82) is 0 Å². The Labute approximate surface area is 132 Å². The Bertz CT molecular complexity index is 490. The van der Waals surface area contributed by atoms with Crippen LogP contribution in [0.1, 0.15) is 51.7 Å². The maximum absolute atomic E-state index is 12.1. The fourth-order valence-electron chi connectivity index (χ4n) is 2.12. The van der Waals surface area contributed by atoms with Gasteiger partial charge in [0.25, 0.3) is 0 Å². The minimum absolute atomic E-state index is 0.0844. The first-order valence-electron chi connectivity index (χ1n) is 7.72. The minimum Gasteiger partial charge on any atom is -0.462 e. The number of benzene rings is 1. The Morgan fingerprint density at radius 3 is 2.14 bits per heavy atom. The zero-order valence-electron chi connectivity index (χ0n) is 14.1. The number of hydrogen-bond acceptors (Lipinski definition) is 4. The zero-order chi connectivity index (χ0) is 16.7. The summed E-state index contributed by atoms with van der Waals surface area (Å²) in [6.07, 6.45) is 0.581. The molecule has 1 aromatic rings. The van der Waals surface area contributed by atoms with Crippen molar-refractivity contribution in [2.24, 2.45) is 5.92 Å². The van der Waals surface area contributed by atoms with Gasteiger partial charge in [-0.05, 0) is 37.3 Å². The Hall–Kier alpha value is -1.84. The Kier molecular flexibility index (Phi) is 7.09. The molecule has 0 radical (unpaired) electrons. The highest BCUT2D eigenvalue weighted by molar-refractivity contribution is 5.77. The molecule has 1 rings (SSSR count). The SMILES string of the molecule is CC(=O)OCC(C)OC(=O)C(C)c1ccc(CC(C)C)cc1. The summed E-state index contributed by atoms with van der Waals surface area (Å²) in [5, 5.41) is 0. The van der Waals surface area contributed by atoms with Crippen molar-refractivity contribution in [1.82, 2.24) is 0 Å². The van der Waals surface area contributed by atoms with Crippen molar-refractivity contribution in [2.75, 3.05) is 6.61 Å². The van der Waals surface area contributed by atoms with Crippen LogP contribution in [-0.2, 0) is 25.5 Å². The van der Waals surface area contributed by atoms with Crippen LogP contribution >= 0.6 is 0 Å². The molecule has 0 saturated carbocycles. The number of esters is 2. The Morgan fingerprint density at radius 1 is 1.05 bits per heavy atom. The van der Waals surface area contributed by atoms with E-state index >= 15 is 0 Å². The van der Waals surface area contributed by atoms with Crippen LogP contribution in [0.4, 0.5) is 0 Å². The summed E-state index contributed by atoms with van der Waals surface area (Å²) in [4.78, 5) is 22.8. The molecule has 0 aromatic heterocycles. The van der Waals surface area contributed by atoms with Gasteiger partial charge in [-0.3, -0.25) is 9.59 Å². The van der Waals surface area contributed by atoms with Crippen LogP contribution in [0, 0.1) is 5.92 Å². The predicted molar refractivity (Wildman–Crippen MR) is 85.6 cm³/mol. The number of carbonyl (C=O) groups excluding carboxylic acids is 2. The second kappa shape index (κ2) is 8.57. The molecule has 0 aliphatic carbocycles. The van der Waals surface area contributed by atoms with Gasteiger partial charge < -0.3 is 9.47 Å². The molecule has 0 fully saturated rings. The largest absolute Gasteiger partial charge is 0.462 e. The first-order chi connectivity index (χ1) is 10.3. The van der Waals surface area contributed by atoms with Gasteiger partial charge in [-0.2, -0.15) is 0 Å². The normalized spacial score (nSPS) is 13.5. The molecule has 2 atom stereocenters. The lowest BCUT2D eigenvalue weighted by Crippen LogP contribution is -2.24. The van der Waals surface area contributed by atoms with E-state index in [1.165, 1.54) is 12.5 Å². The van der Waals surface area contributed by atoms with E-state index in [4.69, 9.17) is 9.47 Å². The first-order valence-corrected chi connectivity index (χ1v) is 7.72. The van der Waals surface area contributed by atoms with E-state index in [9.17, 15) is 9.59 Å². The Morgan fingerprint density at radius 2 is 1.64 bits per heavy atom. The average molecular weight is 306 g/mol. The molecule has 22 heavy (non-hydrogen) atoms. The molecule has 0 amide bonds. The van der Waals surface area contributed by atoms with Crippen LogP contribution in [-0.4, -0.2) is 24.6 Å². The van der Waals surface area contributed by atoms with Crippen molar-refractivity contribution < 1.29 is 19.1 Å². The highest BCUT2D eigenvalue weighted by Crippen LogP contribution is 2.19. The van der Waals surface area contributed by atoms with Crippen molar-refractivity contribution in [3.8, 4) is 0 Å². The van der Waals surface area contributed by atoms with Gasteiger partial charge in [0.05, 0.1) is 5.92 Å². The lowest BCUT2D eigenvalue weighted by molar-refractivity contribution is -0.157. The summed E-state index contributed by atoms with van der Waals surface area (Å²) in [7, 11) is 0. The van der Waals surface area contributed by atoms with E-state index in [0.717, 1.165) is 12.0 Å². The first kappa shape index (κ1) is 18.2. The maximum Gasteiger partial charge on any atom is 0.313 e. The lowest BCUT2D eigenvalue weighted by Gasteiger charge is -2.17. The van der Waals surface area contributed by atoms with Crippen LogP contribution in [0.3, 0.4) is 0 Å². The fraction of sp³-hybridized carbons (Fsp3) is 0.556. The molecule has 0 heterocycles. The molecule has 0 saturated heterocycles. The van der Waals surface area contributed by atoms with Gasteiger partial charge in [0.2, 0.25) is 0 Å². The van der Waals surface area contributed by atoms with Gasteiger partial charge in [0.1, 0.15) is 12.7 Å². The molecule has 0 bridgehead atoms. The smallest absolute Gasteiger partial charge is 0.313 e. The quantitative estimate of drug-likeness (QED) is 0.724. The second-order valence-electron chi connectivity index (χ2n) is 6.11. The third-order valence-corrected chi connectivity index (χ3v) is 3.32. The molecule has 0 N–H and O–H groups in total.